The highest BCUT2D eigenvalue weighted by Crippen LogP contribution is 2.18. The van der Waals surface area contributed by atoms with Gasteiger partial charge in [0.1, 0.15) is 5.69 Å². The van der Waals surface area contributed by atoms with E-state index in [-0.39, 0.29) is 18.4 Å². The molecule has 100 valence electrons. The Hall–Kier alpha value is -2.07. The van der Waals surface area contributed by atoms with Crippen LogP contribution < -0.4 is 5.32 Å². The minimum atomic E-state index is -0.121. The van der Waals surface area contributed by atoms with Crippen molar-refractivity contribution < 1.29 is 9.90 Å². The third-order valence-corrected chi connectivity index (χ3v) is 3.10. The molecule has 1 amide bonds. The van der Waals surface area contributed by atoms with Crippen molar-refractivity contribution in [3.63, 3.8) is 0 Å². The van der Waals surface area contributed by atoms with Crippen molar-refractivity contribution in [2.45, 2.75) is 12.3 Å². The van der Waals surface area contributed by atoms with Crippen LogP contribution in [0.4, 0.5) is 0 Å². The fourth-order valence-electron chi connectivity index (χ4n) is 2.05. The molecule has 2 aromatic rings. The Morgan fingerprint density at radius 1 is 1.21 bits per heavy atom. The highest BCUT2D eigenvalue weighted by Gasteiger charge is 2.13. The smallest absolute Gasteiger partial charge is 0.267 e. The Kier molecular flexibility index (Phi) is 4.75. The first-order valence-corrected chi connectivity index (χ1v) is 6.38. The van der Waals surface area contributed by atoms with Gasteiger partial charge in [-0.3, -0.25) is 4.79 Å². The van der Waals surface area contributed by atoms with Gasteiger partial charge < -0.3 is 15.4 Å². The second kappa shape index (κ2) is 6.75. The van der Waals surface area contributed by atoms with Crippen LogP contribution in [0.25, 0.3) is 0 Å². The van der Waals surface area contributed by atoms with Gasteiger partial charge in [-0.1, -0.05) is 30.3 Å². The molecule has 1 aromatic carbocycles. The van der Waals surface area contributed by atoms with Gasteiger partial charge in [-0.25, -0.2) is 0 Å². The van der Waals surface area contributed by atoms with Crippen LogP contribution in [0.2, 0.25) is 0 Å². The molecule has 0 spiro atoms. The van der Waals surface area contributed by atoms with Crippen LogP contribution in [0.3, 0.4) is 0 Å². The monoisotopic (exact) mass is 258 g/mol. The van der Waals surface area contributed by atoms with E-state index in [0.717, 1.165) is 5.56 Å². The standard InChI is InChI=1S/C15H18N2O2/c18-10-8-13(12-5-2-1-3-6-12)11-17-15(19)14-7-4-9-16-14/h1-7,9,13,16,18H,8,10-11H2,(H,17,19). The van der Waals surface area contributed by atoms with Gasteiger partial charge in [0.15, 0.2) is 0 Å². The SMILES string of the molecule is O=C(NCC(CCO)c1ccccc1)c1ccc[nH]1. The summed E-state index contributed by atoms with van der Waals surface area (Å²) >= 11 is 0. The van der Waals surface area contributed by atoms with Gasteiger partial charge in [0.05, 0.1) is 0 Å². The summed E-state index contributed by atoms with van der Waals surface area (Å²) in [6.07, 6.45) is 2.35. The summed E-state index contributed by atoms with van der Waals surface area (Å²) in [6.45, 7) is 0.625. The molecular weight excluding hydrogens is 240 g/mol. The van der Waals surface area contributed by atoms with Crippen LogP contribution >= 0.6 is 0 Å². The van der Waals surface area contributed by atoms with E-state index < -0.39 is 0 Å². The molecule has 0 aliphatic carbocycles. The Balaban J connectivity index is 1.96. The van der Waals surface area contributed by atoms with Gasteiger partial charge in [-0.05, 0) is 24.1 Å². The fraction of sp³-hybridized carbons (Fsp3) is 0.267. The molecule has 0 radical (unpaired) electrons. The number of hydrogen-bond donors (Lipinski definition) is 3. The number of aliphatic hydroxyl groups is 1. The largest absolute Gasteiger partial charge is 0.396 e. The van der Waals surface area contributed by atoms with Crippen LogP contribution in [0.5, 0.6) is 0 Å². The van der Waals surface area contributed by atoms with Crippen molar-refractivity contribution in [3.05, 3.63) is 59.9 Å². The number of amides is 1. The van der Waals surface area contributed by atoms with E-state index in [2.05, 4.69) is 10.3 Å². The highest BCUT2D eigenvalue weighted by atomic mass is 16.3. The van der Waals surface area contributed by atoms with E-state index in [1.807, 2.05) is 30.3 Å². The Bertz CT molecular complexity index is 494. The predicted molar refractivity (Wildman–Crippen MR) is 74.0 cm³/mol. The summed E-state index contributed by atoms with van der Waals surface area (Å²) < 4.78 is 0. The summed E-state index contributed by atoms with van der Waals surface area (Å²) in [5.41, 5.74) is 1.68. The van der Waals surface area contributed by atoms with E-state index in [0.29, 0.717) is 18.7 Å². The molecule has 19 heavy (non-hydrogen) atoms. The number of nitrogens with one attached hydrogen (secondary N) is 2. The lowest BCUT2D eigenvalue weighted by Crippen LogP contribution is -2.29. The number of H-pyrrole nitrogens is 1. The minimum Gasteiger partial charge on any atom is -0.396 e. The number of aromatic amines is 1. The van der Waals surface area contributed by atoms with Crippen LogP contribution in [-0.2, 0) is 0 Å². The zero-order valence-corrected chi connectivity index (χ0v) is 10.7. The lowest BCUT2D eigenvalue weighted by Gasteiger charge is -2.16. The lowest BCUT2D eigenvalue weighted by molar-refractivity contribution is 0.0945. The maximum Gasteiger partial charge on any atom is 0.267 e. The molecule has 1 heterocycles. The fourth-order valence-corrected chi connectivity index (χ4v) is 2.05. The average molecular weight is 258 g/mol. The number of hydrogen-bond acceptors (Lipinski definition) is 2. The van der Waals surface area contributed by atoms with Gasteiger partial charge in [-0.2, -0.15) is 0 Å². The normalized spacial score (nSPS) is 12.1. The molecule has 0 saturated heterocycles. The Morgan fingerprint density at radius 2 is 2.00 bits per heavy atom. The number of carbonyl (C=O) groups excluding carboxylic acids is 1. The van der Waals surface area contributed by atoms with Gasteiger partial charge in [0.2, 0.25) is 0 Å². The molecule has 4 heteroatoms. The summed E-state index contributed by atoms with van der Waals surface area (Å²) in [5, 5.41) is 12.0. The van der Waals surface area contributed by atoms with E-state index in [1.165, 1.54) is 0 Å². The zero-order valence-electron chi connectivity index (χ0n) is 10.7. The van der Waals surface area contributed by atoms with Crippen molar-refractivity contribution in [3.8, 4) is 0 Å². The van der Waals surface area contributed by atoms with E-state index in [4.69, 9.17) is 5.11 Å². The summed E-state index contributed by atoms with van der Waals surface area (Å²) in [7, 11) is 0. The third-order valence-electron chi connectivity index (χ3n) is 3.10. The molecule has 1 unspecified atom stereocenters. The van der Waals surface area contributed by atoms with E-state index in [1.54, 1.807) is 18.3 Å². The van der Waals surface area contributed by atoms with Crippen LogP contribution in [-0.4, -0.2) is 29.1 Å². The first kappa shape index (κ1) is 13.4. The van der Waals surface area contributed by atoms with Crippen LogP contribution in [0.15, 0.2) is 48.7 Å². The van der Waals surface area contributed by atoms with E-state index in [9.17, 15) is 4.79 Å². The lowest BCUT2D eigenvalue weighted by atomic mass is 9.96. The molecule has 1 aromatic heterocycles. The topological polar surface area (TPSA) is 65.1 Å². The van der Waals surface area contributed by atoms with Crippen molar-refractivity contribution >= 4 is 5.91 Å². The molecule has 0 fully saturated rings. The van der Waals surface area contributed by atoms with Crippen molar-refractivity contribution in [2.75, 3.05) is 13.2 Å². The van der Waals surface area contributed by atoms with Crippen molar-refractivity contribution in [1.29, 1.82) is 0 Å². The second-order valence-electron chi connectivity index (χ2n) is 4.41. The van der Waals surface area contributed by atoms with Crippen molar-refractivity contribution in [2.24, 2.45) is 0 Å². The number of carbonyl (C=O) groups is 1. The first-order valence-electron chi connectivity index (χ1n) is 6.38. The molecule has 1 atom stereocenters. The van der Waals surface area contributed by atoms with E-state index >= 15 is 0 Å². The minimum absolute atomic E-state index is 0.109. The van der Waals surface area contributed by atoms with Gasteiger partial charge in [0, 0.05) is 25.3 Å². The summed E-state index contributed by atoms with van der Waals surface area (Å²) in [6, 6.07) is 13.4. The summed E-state index contributed by atoms with van der Waals surface area (Å²) in [4.78, 5) is 14.7. The predicted octanol–water partition coefficient (Wildman–Crippen LogP) is 1.91. The Labute approximate surface area is 112 Å². The number of aromatic nitrogens is 1. The van der Waals surface area contributed by atoms with Gasteiger partial charge in [-0.15, -0.1) is 0 Å². The molecule has 0 aliphatic rings. The number of benzene rings is 1. The maximum absolute atomic E-state index is 11.8. The van der Waals surface area contributed by atoms with Crippen molar-refractivity contribution in [1.82, 2.24) is 10.3 Å². The summed E-state index contributed by atoms with van der Waals surface area (Å²) in [5.74, 6) is 0.00832. The number of rotatable bonds is 6. The third kappa shape index (κ3) is 3.69. The molecule has 0 aliphatic heterocycles. The quantitative estimate of drug-likeness (QED) is 0.741. The maximum atomic E-state index is 11.8. The molecule has 0 bridgehead atoms. The number of aliphatic hydroxyl groups excluding tert-OH is 1. The van der Waals surface area contributed by atoms with Gasteiger partial charge >= 0.3 is 0 Å². The van der Waals surface area contributed by atoms with Crippen LogP contribution in [0, 0.1) is 0 Å². The first-order chi connectivity index (χ1) is 9.31. The molecule has 4 nitrogen and oxygen atoms in total. The highest BCUT2D eigenvalue weighted by molar-refractivity contribution is 5.92. The van der Waals surface area contributed by atoms with Crippen LogP contribution in [0.1, 0.15) is 28.4 Å². The zero-order chi connectivity index (χ0) is 13.5. The molecule has 3 N–H and O–H groups in total. The average Bonchev–Trinajstić information content (AvgIpc) is 2.98. The molecular formula is C15H18N2O2. The molecule has 2 rings (SSSR count). The molecule has 0 saturated carbocycles. The van der Waals surface area contributed by atoms with Gasteiger partial charge in [0.25, 0.3) is 5.91 Å². The second-order valence-corrected chi connectivity index (χ2v) is 4.41. The Morgan fingerprint density at radius 3 is 2.63 bits per heavy atom.